The van der Waals surface area contributed by atoms with Crippen molar-refractivity contribution >= 4 is 23.7 Å². The fourth-order valence-electron chi connectivity index (χ4n) is 5.41. The third kappa shape index (κ3) is 9.57. The molecule has 0 aromatic carbocycles. The largest absolute Gasteiger partial charge is 0.493 e. The quantitative estimate of drug-likeness (QED) is 0.346. The lowest BCUT2D eigenvalue weighted by molar-refractivity contribution is -0.131. The van der Waals surface area contributed by atoms with Crippen LogP contribution in [-0.4, -0.2) is 78.4 Å². The van der Waals surface area contributed by atoms with Gasteiger partial charge in [-0.3, -0.25) is 14.5 Å². The van der Waals surface area contributed by atoms with E-state index in [-0.39, 0.29) is 37.0 Å². The van der Waals surface area contributed by atoms with Crippen LogP contribution in [0.5, 0.6) is 5.75 Å². The highest BCUT2D eigenvalue weighted by Gasteiger charge is 2.44. The van der Waals surface area contributed by atoms with E-state index in [2.05, 4.69) is 24.1 Å². The van der Waals surface area contributed by atoms with Crippen molar-refractivity contribution in [2.45, 2.75) is 105 Å². The highest BCUT2D eigenvalue weighted by Crippen LogP contribution is 2.36. The molecule has 2 fully saturated rings. The average Bonchev–Trinajstić information content (AvgIpc) is 3.76. The van der Waals surface area contributed by atoms with Crippen LogP contribution in [0.2, 0.25) is 0 Å². The molecule has 3 amide bonds. The Morgan fingerprint density at radius 1 is 1.10 bits per heavy atom. The van der Waals surface area contributed by atoms with Gasteiger partial charge in [-0.2, -0.15) is 0 Å². The van der Waals surface area contributed by atoms with Crippen molar-refractivity contribution in [2.24, 2.45) is 17.8 Å². The smallest absolute Gasteiger partial charge is 0.410 e. The first-order valence-electron chi connectivity index (χ1n) is 15.7. The monoisotopic (exact) mass is 588 g/mol. The maximum Gasteiger partial charge on any atom is 0.410 e. The molecule has 3 atom stereocenters. The number of aryl methyl sites for hydroxylation is 1. The molecule has 1 saturated heterocycles. The van der Waals surface area contributed by atoms with Gasteiger partial charge in [0, 0.05) is 43.6 Å². The van der Waals surface area contributed by atoms with E-state index in [1.807, 2.05) is 47.6 Å². The molecule has 1 N–H and O–H groups in total. The van der Waals surface area contributed by atoms with Crippen LogP contribution < -0.4 is 15.0 Å². The summed E-state index contributed by atoms with van der Waals surface area (Å²) >= 11 is 0. The molecule has 1 aromatic heterocycles. The van der Waals surface area contributed by atoms with E-state index in [0.717, 1.165) is 37.0 Å². The zero-order valence-electron chi connectivity index (χ0n) is 26.9. The average molecular weight is 589 g/mol. The lowest BCUT2D eigenvalue weighted by Gasteiger charge is -2.39. The summed E-state index contributed by atoms with van der Waals surface area (Å²) in [4.78, 5) is 49.1. The summed E-state index contributed by atoms with van der Waals surface area (Å²) in [5.74, 6) is 0.199. The number of rotatable bonds is 13. The van der Waals surface area contributed by atoms with Gasteiger partial charge in [0.1, 0.15) is 17.2 Å². The number of carbonyl (C=O) groups excluding carboxylic acids is 3. The fourth-order valence-corrected chi connectivity index (χ4v) is 5.41. The van der Waals surface area contributed by atoms with E-state index in [1.54, 1.807) is 11.1 Å². The van der Waals surface area contributed by atoms with Gasteiger partial charge in [0.2, 0.25) is 11.8 Å². The summed E-state index contributed by atoms with van der Waals surface area (Å²) in [6, 6.07) is 1.74. The molecule has 0 unspecified atom stereocenters. The molecule has 1 aliphatic carbocycles. The van der Waals surface area contributed by atoms with Crippen LogP contribution in [0, 0.1) is 17.8 Å². The predicted octanol–water partition coefficient (Wildman–Crippen LogP) is 4.98. The fraction of sp³-hybridized carbons (Fsp3) is 0.750. The Morgan fingerprint density at radius 2 is 1.79 bits per heavy atom. The minimum Gasteiger partial charge on any atom is -0.493 e. The van der Waals surface area contributed by atoms with Crippen molar-refractivity contribution in [1.29, 1.82) is 0 Å². The van der Waals surface area contributed by atoms with Crippen molar-refractivity contribution in [3.8, 4) is 5.75 Å². The Labute approximate surface area is 251 Å². The molecule has 42 heavy (non-hydrogen) atoms. The van der Waals surface area contributed by atoms with Crippen molar-refractivity contribution in [3.63, 3.8) is 0 Å². The molecule has 3 rings (SSSR count). The molecule has 2 heterocycles. The SMILES string of the molecule is CCOC[C@@H](CC(C)C)NC(=O)[C@H]1C[C@@H](C(=O)N(c2cc(OCC)c(CC)cn2)C2CC2)CN(C(=O)OC(C)(C)C)C1. The lowest BCUT2D eigenvalue weighted by Crippen LogP contribution is -2.55. The molecule has 10 nitrogen and oxygen atoms in total. The van der Waals surface area contributed by atoms with Gasteiger partial charge in [0.25, 0.3) is 0 Å². The van der Waals surface area contributed by atoms with Crippen LogP contribution in [-0.2, 0) is 25.5 Å². The van der Waals surface area contributed by atoms with Gasteiger partial charge in [-0.25, -0.2) is 9.78 Å². The number of piperidine rings is 1. The van der Waals surface area contributed by atoms with E-state index in [1.165, 1.54) is 4.90 Å². The number of amides is 3. The van der Waals surface area contributed by atoms with Crippen LogP contribution in [0.3, 0.4) is 0 Å². The summed E-state index contributed by atoms with van der Waals surface area (Å²) in [5, 5.41) is 3.15. The van der Waals surface area contributed by atoms with Gasteiger partial charge in [-0.15, -0.1) is 0 Å². The zero-order chi connectivity index (χ0) is 31.0. The second-order valence-electron chi connectivity index (χ2n) is 12.9. The number of nitrogens with one attached hydrogen (secondary N) is 1. The molecule has 1 aromatic rings. The first kappa shape index (κ1) is 33.6. The van der Waals surface area contributed by atoms with Crippen molar-refractivity contribution in [1.82, 2.24) is 15.2 Å². The lowest BCUT2D eigenvalue weighted by atomic mass is 9.87. The minimum absolute atomic E-state index is 0.0396. The van der Waals surface area contributed by atoms with Crippen LogP contribution >= 0.6 is 0 Å². The molecule has 2 aliphatic rings. The van der Waals surface area contributed by atoms with E-state index in [4.69, 9.17) is 14.2 Å². The van der Waals surface area contributed by atoms with Gasteiger partial charge in [-0.05, 0) is 72.6 Å². The molecule has 236 valence electrons. The third-order valence-electron chi connectivity index (χ3n) is 7.45. The van der Waals surface area contributed by atoms with Gasteiger partial charge in [-0.1, -0.05) is 20.8 Å². The van der Waals surface area contributed by atoms with E-state index < -0.39 is 23.5 Å². The number of aromatic nitrogens is 1. The maximum absolute atomic E-state index is 14.2. The van der Waals surface area contributed by atoms with E-state index in [9.17, 15) is 14.4 Å². The van der Waals surface area contributed by atoms with Crippen LogP contribution in [0.4, 0.5) is 10.6 Å². The summed E-state index contributed by atoms with van der Waals surface area (Å²) in [6.07, 6.45) is 4.90. The van der Waals surface area contributed by atoms with Gasteiger partial charge in [0.15, 0.2) is 0 Å². The Hall–Kier alpha value is -2.88. The normalized spacial score (nSPS) is 19.8. The Kier molecular flexibility index (Phi) is 12.0. The number of hydrogen-bond donors (Lipinski definition) is 1. The van der Waals surface area contributed by atoms with Crippen LogP contribution in [0.25, 0.3) is 0 Å². The molecular formula is C32H52N4O6. The second-order valence-corrected chi connectivity index (χ2v) is 12.9. The number of anilines is 1. The third-order valence-corrected chi connectivity index (χ3v) is 7.45. The van der Waals surface area contributed by atoms with E-state index >= 15 is 0 Å². The summed E-state index contributed by atoms with van der Waals surface area (Å²) in [6.45, 7) is 17.4. The Morgan fingerprint density at radius 3 is 2.36 bits per heavy atom. The zero-order valence-corrected chi connectivity index (χ0v) is 26.9. The number of nitrogens with zero attached hydrogens (tertiary/aromatic N) is 3. The van der Waals surface area contributed by atoms with Crippen LogP contribution in [0.1, 0.15) is 86.6 Å². The number of carbonyl (C=O) groups is 3. The van der Waals surface area contributed by atoms with Crippen molar-refractivity contribution < 1.29 is 28.6 Å². The first-order chi connectivity index (χ1) is 19.9. The first-order valence-corrected chi connectivity index (χ1v) is 15.7. The van der Waals surface area contributed by atoms with Crippen molar-refractivity contribution in [3.05, 3.63) is 17.8 Å². The molecule has 0 spiro atoms. The number of ether oxygens (including phenoxy) is 3. The molecule has 1 aliphatic heterocycles. The molecule has 0 bridgehead atoms. The number of pyridine rings is 1. The van der Waals surface area contributed by atoms with Gasteiger partial charge < -0.3 is 24.4 Å². The van der Waals surface area contributed by atoms with Crippen molar-refractivity contribution in [2.75, 3.05) is 37.8 Å². The summed E-state index contributed by atoms with van der Waals surface area (Å²) < 4.78 is 17.2. The topological polar surface area (TPSA) is 110 Å². The number of hydrogen-bond acceptors (Lipinski definition) is 7. The summed E-state index contributed by atoms with van der Waals surface area (Å²) in [5.41, 5.74) is 0.282. The van der Waals surface area contributed by atoms with E-state index in [0.29, 0.717) is 38.0 Å². The second kappa shape index (κ2) is 15.0. The van der Waals surface area contributed by atoms with Gasteiger partial charge in [0.05, 0.1) is 31.1 Å². The highest BCUT2D eigenvalue weighted by molar-refractivity contribution is 5.96. The Balaban J connectivity index is 1.89. The molecule has 1 saturated carbocycles. The van der Waals surface area contributed by atoms with Gasteiger partial charge >= 0.3 is 6.09 Å². The maximum atomic E-state index is 14.2. The Bertz CT molecular complexity index is 1070. The minimum atomic E-state index is -0.702. The summed E-state index contributed by atoms with van der Waals surface area (Å²) in [7, 11) is 0. The number of likely N-dealkylation sites (tertiary alicyclic amines) is 1. The predicted molar refractivity (Wildman–Crippen MR) is 163 cm³/mol. The molecule has 0 radical (unpaired) electrons. The highest BCUT2D eigenvalue weighted by atomic mass is 16.6. The van der Waals surface area contributed by atoms with Crippen LogP contribution in [0.15, 0.2) is 12.3 Å². The molecule has 10 heteroatoms. The standard InChI is InChI=1S/C32H52N4O6/c1-9-22-17-33-28(16-27(22)41-11-3)36(26-12-13-26)30(38)24-15-23(18-35(19-24)31(39)42-32(6,7)8)29(37)34-25(14-21(4)5)20-40-10-2/h16-17,21,23-26H,9-15,18-20H2,1-8H3,(H,34,37)/t23-,24+,25+/m0/s1. The molecular weight excluding hydrogens is 536 g/mol.